The van der Waals surface area contributed by atoms with Gasteiger partial charge < -0.3 is 14.5 Å². The number of ether oxygens (including phenoxy) is 1. The fraction of sp³-hybridized carbons (Fsp3) is 0.100. The van der Waals surface area contributed by atoms with Crippen LogP contribution in [0.2, 0.25) is 0 Å². The molecule has 3 aromatic rings. The third-order valence-electron chi connectivity index (χ3n) is 3.73. The molecule has 0 saturated heterocycles. The Morgan fingerprint density at radius 1 is 1.00 bits per heavy atom. The maximum absolute atomic E-state index is 12.3. The van der Waals surface area contributed by atoms with Gasteiger partial charge in [0.1, 0.15) is 11.5 Å². The quantitative estimate of drug-likeness (QED) is 0.701. The zero-order valence-electron chi connectivity index (χ0n) is 13.9. The number of ketones is 1. The first-order valence-electron chi connectivity index (χ1n) is 7.73. The number of furan rings is 1. The number of carbonyl (C=O) groups excluding carboxylic acids is 2. The zero-order valence-corrected chi connectivity index (χ0v) is 13.9. The molecule has 0 atom stereocenters. The van der Waals surface area contributed by atoms with Gasteiger partial charge in [0.05, 0.1) is 7.11 Å². The molecule has 1 amide bonds. The molecule has 0 aliphatic heterocycles. The molecule has 0 aliphatic carbocycles. The summed E-state index contributed by atoms with van der Waals surface area (Å²) in [4.78, 5) is 23.6. The van der Waals surface area contributed by atoms with Crippen molar-refractivity contribution in [3.8, 4) is 17.1 Å². The van der Waals surface area contributed by atoms with Crippen molar-refractivity contribution in [1.82, 2.24) is 0 Å². The van der Waals surface area contributed by atoms with E-state index in [1.165, 1.54) is 6.92 Å². The van der Waals surface area contributed by atoms with Crippen molar-refractivity contribution in [3.05, 3.63) is 72.0 Å². The lowest BCUT2D eigenvalue weighted by Gasteiger charge is -2.05. The second-order valence-corrected chi connectivity index (χ2v) is 5.48. The van der Waals surface area contributed by atoms with Gasteiger partial charge >= 0.3 is 0 Å². The van der Waals surface area contributed by atoms with Gasteiger partial charge in [0, 0.05) is 22.9 Å². The topological polar surface area (TPSA) is 68.5 Å². The summed E-state index contributed by atoms with van der Waals surface area (Å²) in [5.41, 5.74) is 2.05. The van der Waals surface area contributed by atoms with Crippen molar-refractivity contribution >= 4 is 17.4 Å². The van der Waals surface area contributed by atoms with E-state index in [1.807, 2.05) is 0 Å². The van der Waals surface area contributed by atoms with Crippen molar-refractivity contribution in [1.29, 1.82) is 0 Å². The predicted molar refractivity (Wildman–Crippen MR) is 95.1 cm³/mol. The molecule has 25 heavy (non-hydrogen) atoms. The van der Waals surface area contributed by atoms with Crippen LogP contribution in [0.25, 0.3) is 11.3 Å². The molecule has 0 fully saturated rings. The number of anilines is 1. The van der Waals surface area contributed by atoms with E-state index in [9.17, 15) is 9.59 Å². The Morgan fingerprint density at radius 2 is 1.76 bits per heavy atom. The predicted octanol–water partition coefficient (Wildman–Crippen LogP) is 4.41. The van der Waals surface area contributed by atoms with Crippen molar-refractivity contribution in [2.24, 2.45) is 0 Å². The van der Waals surface area contributed by atoms with Crippen molar-refractivity contribution in [2.75, 3.05) is 12.4 Å². The largest absolute Gasteiger partial charge is 0.497 e. The van der Waals surface area contributed by atoms with E-state index in [0.717, 1.165) is 5.56 Å². The molecule has 3 rings (SSSR count). The van der Waals surface area contributed by atoms with Crippen LogP contribution in [0, 0.1) is 0 Å². The summed E-state index contributed by atoms with van der Waals surface area (Å²) in [7, 11) is 1.57. The highest BCUT2D eigenvalue weighted by molar-refractivity contribution is 6.02. The van der Waals surface area contributed by atoms with Crippen LogP contribution >= 0.6 is 0 Å². The first-order valence-corrected chi connectivity index (χ1v) is 7.73. The number of hydrogen-bond donors (Lipinski definition) is 1. The number of hydrogen-bond acceptors (Lipinski definition) is 4. The highest BCUT2D eigenvalue weighted by Gasteiger charge is 2.13. The molecule has 0 bridgehead atoms. The van der Waals surface area contributed by atoms with Gasteiger partial charge in [-0.25, -0.2) is 0 Å². The van der Waals surface area contributed by atoms with Gasteiger partial charge in [0.25, 0.3) is 5.91 Å². The molecule has 0 aliphatic rings. The summed E-state index contributed by atoms with van der Waals surface area (Å²) in [6.45, 7) is 1.52. The zero-order chi connectivity index (χ0) is 17.8. The van der Waals surface area contributed by atoms with E-state index >= 15 is 0 Å². The Labute approximate surface area is 145 Å². The van der Waals surface area contributed by atoms with Crippen LogP contribution in [-0.4, -0.2) is 18.8 Å². The standard InChI is InChI=1S/C20H17NO4/c1-13(22)14-6-8-15(9-7-14)18-10-11-19(25-18)20(23)21-16-4-3-5-17(12-16)24-2/h3-12H,1-2H3,(H,21,23). The summed E-state index contributed by atoms with van der Waals surface area (Å²) in [5, 5.41) is 2.76. The van der Waals surface area contributed by atoms with Gasteiger partial charge in [-0.1, -0.05) is 30.3 Å². The van der Waals surface area contributed by atoms with Crippen LogP contribution < -0.4 is 10.1 Å². The summed E-state index contributed by atoms with van der Waals surface area (Å²) >= 11 is 0. The summed E-state index contributed by atoms with van der Waals surface area (Å²) in [6, 6.07) is 17.5. The molecule has 0 saturated carbocycles. The Kier molecular flexibility index (Phi) is 4.66. The second kappa shape index (κ2) is 7.05. The second-order valence-electron chi connectivity index (χ2n) is 5.48. The first kappa shape index (κ1) is 16.5. The molecular formula is C20H17NO4. The minimum atomic E-state index is -0.347. The molecule has 2 aromatic carbocycles. The van der Waals surface area contributed by atoms with E-state index < -0.39 is 0 Å². The molecule has 1 N–H and O–H groups in total. The number of rotatable bonds is 5. The van der Waals surface area contributed by atoms with Crippen LogP contribution in [0.4, 0.5) is 5.69 Å². The molecule has 0 spiro atoms. The van der Waals surface area contributed by atoms with Gasteiger partial charge in [-0.3, -0.25) is 9.59 Å². The number of nitrogens with one attached hydrogen (secondary N) is 1. The minimum Gasteiger partial charge on any atom is -0.497 e. The SMILES string of the molecule is COc1cccc(NC(=O)c2ccc(-c3ccc(C(C)=O)cc3)o2)c1. The maximum Gasteiger partial charge on any atom is 0.291 e. The monoisotopic (exact) mass is 335 g/mol. The van der Waals surface area contributed by atoms with Crippen molar-refractivity contribution < 1.29 is 18.7 Å². The molecule has 5 heteroatoms. The lowest BCUT2D eigenvalue weighted by atomic mass is 10.1. The maximum atomic E-state index is 12.3. The van der Waals surface area contributed by atoms with Crippen LogP contribution in [0.15, 0.2) is 65.1 Å². The summed E-state index contributed by atoms with van der Waals surface area (Å²) in [5.74, 6) is 1.08. The van der Waals surface area contributed by atoms with Gasteiger partial charge in [0.2, 0.25) is 0 Å². The molecule has 0 unspecified atom stereocenters. The average molecular weight is 335 g/mol. The molecule has 1 heterocycles. The van der Waals surface area contributed by atoms with Gasteiger partial charge in [-0.15, -0.1) is 0 Å². The Balaban J connectivity index is 1.76. The van der Waals surface area contributed by atoms with E-state index in [2.05, 4.69) is 5.32 Å². The van der Waals surface area contributed by atoms with Crippen LogP contribution in [0.1, 0.15) is 27.8 Å². The number of amides is 1. The van der Waals surface area contributed by atoms with E-state index in [1.54, 1.807) is 67.8 Å². The normalized spacial score (nSPS) is 10.3. The smallest absolute Gasteiger partial charge is 0.291 e. The molecule has 1 aromatic heterocycles. The highest BCUT2D eigenvalue weighted by Crippen LogP contribution is 2.24. The Bertz CT molecular complexity index is 909. The lowest BCUT2D eigenvalue weighted by Crippen LogP contribution is -2.10. The fourth-order valence-corrected chi connectivity index (χ4v) is 2.38. The average Bonchev–Trinajstić information content (AvgIpc) is 3.12. The molecule has 126 valence electrons. The van der Waals surface area contributed by atoms with Gasteiger partial charge in [0.15, 0.2) is 11.5 Å². The molecule has 5 nitrogen and oxygen atoms in total. The van der Waals surface area contributed by atoms with Gasteiger partial charge in [-0.05, 0) is 31.2 Å². The van der Waals surface area contributed by atoms with Crippen molar-refractivity contribution in [3.63, 3.8) is 0 Å². The Hall–Kier alpha value is -3.34. The third kappa shape index (κ3) is 3.77. The number of methoxy groups -OCH3 is 1. The Morgan fingerprint density at radius 3 is 2.44 bits per heavy atom. The lowest BCUT2D eigenvalue weighted by molar-refractivity contribution is 0.0994. The summed E-state index contributed by atoms with van der Waals surface area (Å²) in [6.07, 6.45) is 0. The van der Waals surface area contributed by atoms with Crippen LogP contribution in [0.5, 0.6) is 5.75 Å². The first-order chi connectivity index (χ1) is 12.1. The van der Waals surface area contributed by atoms with Crippen LogP contribution in [-0.2, 0) is 0 Å². The summed E-state index contributed by atoms with van der Waals surface area (Å²) < 4.78 is 10.8. The van der Waals surface area contributed by atoms with E-state index in [-0.39, 0.29) is 17.5 Å². The van der Waals surface area contributed by atoms with Crippen LogP contribution in [0.3, 0.4) is 0 Å². The number of benzene rings is 2. The van der Waals surface area contributed by atoms with E-state index in [0.29, 0.717) is 22.8 Å². The van der Waals surface area contributed by atoms with Gasteiger partial charge in [-0.2, -0.15) is 0 Å². The van der Waals surface area contributed by atoms with E-state index in [4.69, 9.17) is 9.15 Å². The highest BCUT2D eigenvalue weighted by atomic mass is 16.5. The third-order valence-corrected chi connectivity index (χ3v) is 3.73. The minimum absolute atomic E-state index is 0.00403. The van der Waals surface area contributed by atoms with Crippen molar-refractivity contribution in [2.45, 2.75) is 6.92 Å². The fourth-order valence-electron chi connectivity index (χ4n) is 2.38. The number of Topliss-reactive ketones (excluding diaryl/α,β-unsaturated/α-hetero) is 1. The number of carbonyl (C=O) groups is 2. The molecular weight excluding hydrogens is 318 g/mol. The molecule has 0 radical (unpaired) electrons.